The highest BCUT2D eigenvalue weighted by molar-refractivity contribution is 7.90. The van der Waals surface area contributed by atoms with Crippen LogP contribution in [0.1, 0.15) is 0 Å². The Kier molecular flexibility index (Phi) is 4.60. The molecule has 0 aromatic heterocycles. The standard InChI is InChI=1S/C14H12N2O6S/c1-22-14(17)10-2-4-11(5-3-10)15-23(20,21)13-8-6-12(7-9-13)16(18)19/h2-9,17H,1H3/p-1. The maximum absolute atomic E-state index is 12.1. The molecule has 1 aromatic rings. The Morgan fingerprint density at radius 3 is 2.17 bits per heavy atom. The first-order valence-corrected chi connectivity index (χ1v) is 7.68. The van der Waals surface area contributed by atoms with Crippen molar-refractivity contribution in [1.29, 1.82) is 0 Å². The minimum absolute atomic E-state index is 0.121. The van der Waals surface area contributed by atoms with Crippen molar-refractivity contribution in [2.75, 3.05) is 7.11 Å². The summed E-state index contributed by atoms with van der Waals surface area (Å²) < 4.78 is 32.4. The van der Waals surface area contributed by atoms with Gasteiger partial charge in [-0.2, -0.15) is 12.8 Å². The molecule has 0 bridgehead atoms. The van der Waals surface area contributed by atoms with Crippen LogP contribution in [-0.2, 0) is 14.8 Å². The molecule has 1 aliphatic carbocycles. The fourth-order valence-electron chi connectivity index (χ4n) is 1.71. The molecule has 0 amide bonds. The van der Waals surface area contributed by atoms with Crippen LogP contribution >= 0.6 is 0 Å². The van der Waals surface area contributed by atoms with Gasteiger partial charge in [-0.15, -0.1) is 0 Å². The second-order valence-corrected chi connectivity index (χ2v) is 5.96. The van der Waals surface area contributed by atoms with Gasteiger partial charge in [0.15, 0.2) is 0 Å². The minimum atomic E-state index is -4.01. The van der Waals surface area contributed by atoms with E-state index in [2.05, 4.69) is 9.13 Å². The number of rotatable bonds is 4. The van der Waals surface area contributed by atoms with E-state index in [0.29, 0.717) is 0 Å². The van der Waals surface area contributed by atoms with Crippen molar-refractivity contribution in [2.45, 2.75) is 4.90 Å². The van der Waals surface area contributed by atoms with Crippen molar-refractivity contribution < 1.29 is 23.2 Å². The number of nitro groups is 1. The Labute approximate surface area is 131 Å². The maximum atomic E-state index is 12.1. The molecule has 0 N–H and O–H groups in total. The molecular formula is C14H11N2O6S-. The van der Waals surface area contributed by atoms with E-state index >= 15 is 0 Å². The van der Waals surface area contributed by atoms with Crippen molar-refractivity contribution in [2.24, 2.45) is 4.40 Å². The molecule has 0 heterocycles. The van der Waals surface area contributed by atoms with Crippen LogP contribution in [0.4, 0.5) is 5.69 Å². The first kappa shape index (κ1) is 16.4. The molecule has 0 atom stereocenters. The topological polar surface area (TPSA) is 122 Å². The normalized spacial score (nSPS) is 13.8. The molecule has 1 aromatic carbocycles. The van der Waals surface area contributed by atoms with Crippen LogP contribution in [0.25, 0.3) is 0 Å². The zero-order valence-corrected chi connectivity index (χ0v) is 12.7. The summed E-state index contributed by atoms with van der Waals surface area (Å²) in [6, 6.07) is 4.39. The van der Waals surface area contributed by atoms with Gasteiger partial charge in [-0.1, -0.05) is 12.2 Å². The highest BCUT2D eigenvalue weighted by Crippen LogP contribution is 2.19. The molecule has 9 heteroatoms. The Morgan fingerprint density at radius 2 is 1.70 bits per heavy atom. The van der Waals surface area contributed by atoms with E-state index in [1.807, 2.05) is 0 Å². The van der Waals surface area contributed by atoms with Gasteiger partial charge in [-0.05, 0) is 37.0 Å². The van der Waals surface area contributed by atoms with E-state index < -0.39 is 20.9 Å². The van der Waals surface area contributed by atoms with Crippen molar-refractivity contribution >= 4 is 21.4 Å². The monoisotopic (exact) mass is 335 g/mol. The van der Waals surface area contributed by atoms with Crippen LogP contribution in [0.3, 0.4) is 0 Å². The van der Waals surface area contributed by atoms with Crippen molar-refractivity contribution in [3.05, 3.63) is 70.2 Å². The Balaban J connectivity index is 2.29. The molecule has 0 spiro atoms. The molecule has 23 heavy (non-hydrogen) atoms. The van der Waals surface area contributed by atoms with Gasteiger partial charge in [0.1, 0.15) is 0 Å². The molecule has 0 fully saturated rings. The number of nitro benzene ring substituents is 1. The van der Waals surface area contributed by atoms with Crippen LogP contribution in [0, 0.1) is 10.1 Å². The van der Waals surface area contributed by atoms with Gasteiger partial charge in [-0.25, -0.2) is 0 Å². The quantitative estimate of drug-likeness (QED) is 0.461. The Hall–Kier alpha value is -2.94. The fourth-order valence-corrected chi connectivity index (χ4v) is 2.69. The second kappa shape index (κ2) is 6.44. The molecule has 2 rings (SSSR count). The van der Waals surface area contributed by atoms with Gasteiger partial charge < -0.3 is 9.84 Å². The van der Waals surface area contributed by atoms with Gasteiger partial charge >= 0.3 is 0 Å². The lowest BCUT2D eigenvalue weighted by atomic mass is 10.1. The number of hydrogen-bond acceptors (Lipinski definition) is 6. The second-order valence-electron chi connectivity index (χ2n) is 4.36. The molecule has 0 unspecified atom stereocenters. The highest BCUT2D eigenvalue weighted by Gasteiger charge is 2.15. The zero-order chi connectivity index (χ0) is 17.0. The highest BCUT2D eigenvalue weighted by atomic mass is 32.2. The first-order valence-electron chi connectivity index (χ1n) is 6.24. The van der Waals surface area contributed by atoms with Gasteiger partial charge in [-0.3, -0.25) is 10.1 Å². The summed E-state index contributed by atoms with van der Waals surface area (Å²) in [6.07, 6.45) is 5.48. The van der Waals surface area contributed by atoms with Crippen LogP contribution < -0.4 is 5.11 Å². The number of non-ortho nitro benzene ring substituents is 1. The van der Waals surface area contributed by atoms with Crippen molar-refractivity contribution in [3.63, 3.8) is 0 Å². The molecule has 0 saturated carbocycles. The van der Waals surface area contributed by atoms with Crippen LogP contribution in [0.15, 0.2) is 69.4 Å². The van der Waals surface area contributed by atoms with Crippen LogP contribution in [0.5, 0.6) is 0 Å². The summed E-state index contributed by atoms with van der Waals surface area (Å²) >= 11 is 0. The number of sulfonamides is 1. The van der Waals surface area contributed by atoms with E-state index in [9.17, 15) is 23.6 Å². The van der Waals surface area contributed by atoms with Crippen molar-refractivity contribution in [1.82, 2.24) is 0 Å². The van der Waals surface area contributed by atoms with Crippen LogP contribution in [-0.4, -0.2) is 26.2 Å². The largest absolute Gasteiger partial charge is 0.616 e. The Morgan fingerprint density at radius 1 is 1.13 bits per heavy atom. The number of nitrogens with zero attached hydrogens (tertiary/aromatic N) is 2. The minimum Gasteiger partial charge on any atom is -0.616 e. The van der Waals surface area contributed by atoms with Crippen molar-refractivity contribution in [3.8, 4) is 0 Å². The van der Waals surface area contributed by atoms with E-state index in [1.165, 1.54) is 31.4 Å². The first-order chi connectivity index (χ1) is 10.8. The predicted molar refractivity (Wildman–Crippen MR) is 80.0 cm³/mol. The number of ether oxygens (including phenoxy) is 1. The molecule has 0 aliphatic heterocycles. The summed E-state index contributed by atoms with van der Waals surface area (Å²) in [5.74, 6) is -0.547. The summed E-state index contributed by atoms with van der Waals surface area (Å²) in [6.45, 7) is 0. The molecule has 0 radical (unpaired) electrons. The van der Waals surface area contributed by atoms with Crippen LogP contribution in [0.2, 0.25) is 0 Å². The zero-order valence-electron chi connectivity index (χ0n) is 11.9. The van der Waals surface area contributed by atoms with E-state index in [4.69, 9.17) is 0 Å². The van der Waals surface area contributed by atoms with Gasteiger partial charge in [0, 0.05) is 12.1 Å². The van der Waals surface area contributed by atoms with E-state index in [-0.39, 0.29) is 21.9 Å². The number of methoxy groups -OCH3 is 1. The Bertz CT molecular complexity index is 830. The lowest BCUT2D eigenvalue weighted by Gasteiger charge is -2.13. The molecule has 0 saturated heterocycles. The van der Waals surface area contributed by atoms with Gasteiger partial charge in [0.25, 0.3) is 15.7 Å². The molecule has 120 valence electrons. The smallest absolute Gasteiger partial charge is 0.282 e. The number of benzene rings is 1. The SMILES string of the molecule is COC([O-])=C1C=CC(=NS(=O)(=O)c2ccc([N+](=O)[O-])cc2)C=C1. The molecule has 1 aliphatic rings. The molecule has 8 nitrogen and oxygen atoms in total. The lowest BCUT2D eigenvalue weighted by Crippen LogP contribution is -2.10. The summed E-state index contributed by atoms with van der Waals surface area (Å²) in [5, 5.41) is 21.9. The summed E-state index contributed by atoms with van der Waals surface area (Å²) in [7, 11) is -2.77. The van der Waals surface area contributed by atoms with E-state index in [0.717, 1.165) is 24.3 Å². The average Bonchev–Trinajstić information content (AvgIpc) is 2.54. The lowest BCUT2D eigenvalue weighted by molar-refractivity contribution is -0.384. The van der Waals surface area contributed by atoms with E-state index in [1.54, 1.807) is 0 Å². The summed E-state index contributed by atoms with van der Waals surface area (Å²) in [5.41, 5.74) is 0.168. The predicted octanol–water partition coefficient (Wildman–Crippen LogP) is 1.07. The average molecular weight is 335 g/mol. The summed E-state index contributed by atoms with van der Waals surface area (Å²) in [4.78, 5) is 9.77. The number of hydrogen-bond donors (Lipinski definition) is 0. The fraction of sp³-hybridized carbons (Fsp3) is 0.0714. The van der Waals surface area contributed by atoms with Gasteiger partial charge in [0.05, 0.1) is 21.5 Å². The van der Waals surface area contributed by atoms with Gasteiger partial charge in [0.2, 0.25) is 0 Å². The third kappa shape index (κ3) is 3.83. The number of allylic oxidation sites excluding steroid dienone is 5. The third-order valence-electron chi connectivity index (χ3n) is 2.86. The third-order valence-corrected chi connectivity index (χ3v) is 4.18. The maximum Gasteiger partial charge on any atom is 0.282 e. The molecular weight excluding hydrogens is 324 g/mol.